The number of hydrazine groups is 1. The summed E-state index contributed by atoms with van der Waals surface area (Å²) in [4.78, 5) is 17.5. The molecule has 0 spiro atoms. The first-order chi connectivity index (χ1) is 8.11. The molecule has 6 nitrogen and oxygen atoms in total. The van der Waals surface area contributed by atoms with Crippen molar-refractivity contribution in [1.82, 2.24) is 9.88 Å². The standard InChI is InChI=1S/C11H15N5O/c1-8(3-5-12)16(2)11(17)9-4-6-14-7-10(9)15-13/h4,6-8,15H,3,13H2,1-2H3. The first-order valence-electron chi connectivity index (χ1n) is 5.16. The van der Waals surface area contributed by atoms with E-state index in [9.17, 15) is 4.79 Å². The van der Waals surface area contributed by atoms with Crippen LogP contribution in [0.15, 0.2) is 18.5 Å². The van der Waals surface area contributed by atoms with Crippen molar-refractivity contribution in [2.45, 2.75) is 19.4 Å². The topological polar surface area (TPSA) is 95.0 Å². The summed E-state index contributed by atoms with van der Waals surface area (Å²) in [5.74, 6) is 5.12. The minimum absolute atomic E-state index is 0.147. The number of anilines is 1. The molecule has 1 unspecified atom stereocenters. The molecule has 17 heavy (non-hydrogen) atoms. The first kappa shape index (κ1) is 12.9. The number of carbonyl (C=O) groups is 1. The Hall–Kier alpha value is -2.13. The largest absolute Gasteiger partial charge is 0.338 e. The van der Waals surface area contributed by atoms with E-state index in [1.807, 2.05) is 13.0 Å². The molecule has 0 aromatic carbocycles. The van der Waals surface area contributed by atoms with Crippen molar-refractivity contribution in [3.63, 3.8) is 0 Å². The summed E-state index contributed by atoms with van der Waals surface area (Å²) in [5.41, 5.74) is 3.33. The predicted octanol–water partition coefficient (Wildman–Crippen LogP) is 0.741. The second-order valence-electron chi connectivity index (χ2n) is 3.69. The van der Waals surface area contributed by atoms with E-state index in [-0.39, 0.29) is 11.9 Å². The second-order valence-corrected chi connectivity index (χ2v) is 3.69. The SMILES string of the molecule is CC(CC#N)N(C)C(=O)c1ccncc1NN. The summed E-state index contributed by atoms with van der Waals surface area (Å²) in [6.07, 6.45) is 3.30. The number of nitrogen functional groups attached to an aromatic ring is 1. The number of amides is 1. The molecule has 0 radical (unpaired) electrons. The lowest BCUT2D eigenvalue weighted by Gasteiger charge is -2.23. The van der Waals surface area contributed by atoms with Crippen LogP contribution < -0.4 is 11.3 Å². The molecule has 1 aromatic heterocycles. The summed E-state index contributed by atoms with van der Waals surface area (Å²) >= 11 is 0. The van der Waals surface area contributed by atoms with Crippen molar-refractivity contribution >= 4 is 11.6 Å². The van der Waals surface area contributed by atoms with Crippen LogP contribution in [0.3, 0.4) is 0 Å². The van der Waals surface area contributed by atoms with E-state index in [2.05, 4.69) is 10.4 Å². The van der Waals surface area contributed by atoms with Gasteiger partial charge in [-0.15, -0.1) is 0 Å². The molecule has 90 valence electrons. The van der Waals surface area contributed by atoms with E-state index in [1.165, 1.54) is 17.3 Å². The van der Waals surface area contributed by atoms with Gasteiger partial charge in [-0.05, 0) is 13.0 Å². The fraction of sp³-hybridized carbons (Fsp3) is 0.364. The summed E-state index contributed by atoms with van der Waals surface area (Å²) < 4.78 is 0. The normalized spacial score (nSPS) is 11.4. The molecule has 0 saturated carbocycles. The summed E-state index contributed by atoms with van der Waals surface area (Å²) in [6.45, 7) is 1.82. The average Bonchev–Trinajstić information content (AvgIpc) is 2.37. The highest BCUT2D eigenvalue weighted by Gasteiger charge is 2.19. The quantitative estimate of drug-likeness (QED) is 0.590. The molecule has 0 fully saturated rings. The highest BCUT2D eigenvalue weighted by atomic mass is 16.2. The van der Waals surface area contributed by atoms with Gasteiger partial charge in [0.15, 0.2) is 0 Å². The molecule has 6 heteroatoms. The fourth-order valence-corrected chi connectivity index (χ4v) is 1.36. The molecule has 0 aliphatic rings. The summed E-state index contributed by atoms with van der Waals surface area (Å²) in [5, 5.41) is 8.61. The number of nitrogens with two attached hydrogens (primary N) is 1. The van der Waals surface area contributed by atoms with Gasteiger partial charge >= 0.3 is 0 Å². The van der Waals surface area contributed by atoms with Crippen molar-refractivity contribution in [1.29, 1.82) is 5.26 Å². The monoisotopic (exact) mass is 233 g/mol. The molecule has 1 amide bonds. The molecule has 1 heterocycles. The van der Waals surface area contributed by atoms with Crippen molar-refractivity contribution in [2.75, 3.05) is 12.5 Å². The van der Waals surface area contributed by atoms with Crippen molar-refractivity contribution in [3.05, 3.63) is 24.0 Å². The maximum Gasteiger partial charge on any atom is 0.256 e. The highest BCUT2D eigenvalue weighted by molar-refractivity contribution is 5.99. The number of pyridine rings is 1. The minimum Gasteiger partial charge on any atom is -0.338 e. The lowest BCUT2D eigenvalue weighted by Crippen LogP contribution is -2.35. The van der Waals surface area contributed by atoms with Crippen molar-refractivity contribution < 1.29 is 4.79 Å². The average molecular weight is 233 g/mol. The molecular formula is C11H15N5O. The zero-order valence-electron chi connectivity index (χ0n) is 9.84. The van der Waals surface area contributed by atoms with Crippen LogP contribution in [0, 0.1) is 11.3 Å². The van der Waals surface area contributed by atoms with Gasteiger partial charge in [0.25, 0.3) is 5.91 Å². The molecule has 1 rings (SSSR count). The number of nitrogens with one attached hydrogen (secondary N) is 1. The number of hydrogen-bond acceptors (Lipinski definition) is 5. The smallest absolute Gasteiger partial charge is 0.256 e. The summed E-state index contributed by atoms with van der Waals surface area (Å²) in [7, 11) is 1.66. The van der Waals surface area contributed by atoms with Crippen LogP contribution in [0.5, 0.6) is 0 Å². The highest BCUT2D eigenvalue weighted by Crippen LogP contribution is 2.15. The van der Waals surface area contributed by atoms with Gasteiger partial charge in [-0.2, -0.15) is 5.26 Å². The van der Waals surface area contributed by atoms with Gasteiger partial charge in [0.1, 0.15) is 0 Å². The minimum atomic E-state index is -0.192. The third-order valence-corrected chi connectivity index (χ3v) is 2.58. The van der Waals surface area contributed by atoms with E-state index in [4.69, 9.17) is 11.1 Å². The molecule has 1 aromatic rings. The van der Waals surface area contributed by atoms with Gasteiger partial charge in [0.2, 0.25) is 0 Å². The molecular weight excluding hydrogens is 218 g/mol. The Kier molecular flexibility index (Phi) is 4.43. The number of hydrogen-bond donors (Lipinski definition) is 2. The predicted molar refractivity (Wildman–Crippen MR) is 63.8 cm³/mol. The van der Waals surface area contributed by atoms with E-state index in [0.29, 0.717) is 17.7 Å². The Morgan fingerprint density at radius 1 is 1.76 bits per heavy atom. The van der Waals surface area contributed by atoms with E-state index >= 15 is 0 Å². The van der Waals surface area contributed by atoms with Crippen LogP contribution in [0.4, 0.5) is 5.69 Å². The molecule has 1 atom stereocenters. The van der Waals surface area contributed by atoms with Crippen molar-refractivity contribution in [3.8, 4) is 6.07 Å². The van der Waals surface area contributed by atoms with Crippen molar-refractivity contribution in [2.24, 2.45) is 5.84 Å². The van der Waals surface area contributed by atoms with Gasteiger partial charge < -0.3 is 10.3 Å². The first-order valence-corrected chi connectivity index (χ1v) is 5.16. The van der Waals surface area contributed by atoms with Gasteiger partial charge in [-0.3, -0.25) is 15.6 Å². The lowest BCUT2D eigenvalue weighted by atomic mass is 10.1. The van der Waals surface area contributed by atoms with Gasteiger partial charge in [0.05, 0.1) is 29.9 Å². The number of carbonyl (C=O) groups excluding carboxylic acids is 1. The van der Waals surface area contributed by atoms with Gasteiger partial charge in [0, 0.05) is 19.3 Å². The van der Waals surface area contributed by atoms with E-state index in [0.717, 1.165) is 0 Å². The van der Waals surface area contributed by atoms with Gasteiger partial charge in [-0.25, -0.2) is 0 Å². The van der Waals surface area contributed by atoms with Crippen LogP contribution in [0.1, 0.15) is 23.7 Å². The maximum absolute atomic E-state index is 12.1. The third kappa shape index (κ3) is 2.92. The number of nitrogens with zero attached hydrogens (tertiary/aromatic N) is 3. The van der Waals surface area contributed by atoms with Crippen LogP contribution >= 0.6 is 0 Å². The Labute approximate surface area is 100 Å². The van der Waals surface area contributed by atoms with Gasteiger partial charge in [-0.1, -0.05) is 0 Å². The Bertz CT molecular complexity index is 440. The molecule has 0 bridgehead atoms. The molecule has 3 N–H and O–H groups in total. The van der Waals surface area contributed by atoms with Crippen LogP contribution in [0.25, 0.3) is 0 Å². The Morgan fingerprint density at radius 3 is 3.06 bits per heavy atom. The molecule has 0 aliphatic carbocycles. The van der Waals surface area contributed by atoms with E-state index < -0.39 is 0 Å². The fourth-order valence-electron chi connectivity index (χ4n) is 1.36. The van der Waals surface area contributed by atoms with E-state index in [1.54, 1.807) is 13.1 Å². The second kappa shape index (κ2) is 5.82. The summed E-state index contributed by atoms with van der Waals surface area (Å²) in [6, 6.07) is 3.48. The molecule has 0 saturated heterocycles. The third-order valence-electron chi connectivity index (χ3n) is 2.58. The number of rotatable bonds is 4. The number of aromatic nitrogens is 1. The Morgan fingerprint density at radius 2 is 2.47 bits per heavy atom. The maximum atomic E-state index is 12.1. The zero-order valence-corrected chi connectivity index (χ0v) is 9.84. The lowest BCUT2D eigenvalue weighted by molar-refractivity contribution is 0.0747. The van der Waals surface area contributed by atoms with Crippen LogP contribution in [-0.2, 0) is 0 Å². The Balaban J connectivity index is 2.93. The zero-order chi connectivity index (χ0) is 12.8. The molecule has 0 aliphatic heterocycles. The van der Waals surface area contributed by atoms with Crippen LogP contribution in [0.2, 0.25) is 0 Å². The number of nitriles is 1. The van der Waals surface area contributed by atoms with Crippen LogP contribution in [-0.4, -0.2) is 28.9 Å².